The number of aromatic amines is 1. The zero-order valence-electron chi connectivity index (χ0n) is 19.2. The zero-order chi connectivity index (χ0) is 24.1. The number of ketones is 1. The van der Waals surface area contributed by atoms with Crippen molar-refractivity contribution in [3.8, 4) is 39.0 Å². The van der Waals surface area contributed by atoms with Gasteiger partial charge in [0.25, 0.3) is 0 Å². The minimum atomic E-state index is 0.0544. The van der Waals surface area contributed by atoms with Gasteiger partial charge in [-0.25, -0.2) is 0 Å². The van der Waals surface area contributed by atoms with Gasteiger partial charge in [0, 0.05) is 41.3 Å². The third-order valence-corrected chi connectivity index (χ3v) is 7.16. The highest BCUT2D eigenvalue weighted by Gasteiger charge is 2.18. The molecule has 6 aromatic rings. The predicted molar refractivity (Wildman–Crippen MR) is 137 cm³/mol. The fourth-order valence-corrected chi connectivity index (χ4v) is 5.13. The van der Waals surface area contributed by atoms with Gasteiger partial charge in [-0.15, -0.1) is 11.3 Å². The number of hydrogen-bond donors (Lipinski definition) is 1. The van der Waals surface area contributed by atoms with E-state index in [9.17, 15) is 4.79 Å². The number of Topliss-reactive ketones (excluding diaryl/α,β-unsaturated/α-hetero) is 1. The lowest BCUT2D eigenvalue weighted by Gasteiger charge is -2.04. The van der Waals surface area contributed by atoms with E-state index >= 15 is 0 Å². The molecule has 0 bridgehead atoms. The van der Waals surface area contributed by atoms with Crippen molar-refractivity contribution in [3.05, 3.63) is 66.1 Å². The molecule has 0 aromatic carbocycles. The van der Waals surface area contributed by atoms with Crippen molar-refractivity contribution in [2.45, 2.75) is 6.92 Å². The van der Waals surface area contributed by atoms with Gasteiger partial charge in [0.1, 0.15) is 11.4 Å². The standard InChI is InChI=1S/C26H20N6O2S/c1-14(33)23-4-5-24(35-23)26-17-9-21(30-19(17)6-7-28-26)25-18-10-20(29-13-22(18)32(2)31-25)15-8-16(34-3)12-27-11-15/h4-13,30H,1-3H3. The summed E-state index contributed by atoms with van der Waals surface area (Å²) in [5, 5.41) is 6.74. The molecule has 0 amide bonds. The quantitative estimate of drug-likeness (QED) is 0.327. The molecule has 0 atom stereocenters. The number of methoxy groups -OCH3 is 1. The maximum Gasteiger partial charge on any atom is 0.169 e. The number of pyridine rings is 3. The molecular formula is C26H20N6O2S. The molecule has 0 radical (unpaired) electrons. The van der Waals surface area contributed by atoms with Crippen LogP contribution in [-0.4, -0.2) is 42.6 Å². The highest BCUT2D eigenvalue weighted by molar-refractivity contribution is 7.17. The number of ether oxygens (including phenoxy) is 1. The number of rotatable bonds is 5. The molecule has 8 nitrogen and oxygen atoms in total. The Bertz CT molecular complexity index is 1750. The van der Waals surface area contributed by atoms with Crippen molar-refractivity contribution in [3.63, 3.8) is 0 Å². The van der Waals surface area contributed by atoms with Crippen molar-refractivity contribution in [2.24, 2.45) is 7.05 Å². The number of aromatic nitrogens is 6. The fourth-order valence-electron chi connectivity index (χ4n) is 4.21. The van der Waals surface area contributed by atoms with Crippen LogP contribution in [0.1, 0.15) is 16.6 Å². The highest BCUT2D eigenvalue weighted by atomic mass is 32.1. The monoisotopic (exact) mass is 480 g/mol. The number of nitrogens with one attached hydrogen (secondary N) is 1. The lowest BCUT2D eigenvalue weighted by molar-refractivity contribution is 0.102. The van der Waals surface area contributed by atoms with E-state index in [0.29, 0.717) is 5.75 Å². The molecule has 1 N–H and O–H groups in total. The van der Waals surface area contributed by atoms with Gasteiger partial charge in [-0.2, -0.15) is 5.10 Å². The van der Waals surface area contributed by atoms with E-state index in [2.05, 4.69) is 26.0 Å². The lowest BCUT2D eigenvalue weighted by Crippen LogP contribution is -1.91. The summed E-state index contributed by atoms with van der Waals surface area (Å²) < 4.78 is 7.15. The van der Waals surface area contributed by atoms with Crippen LogP contribution in [0.25, 0.3) is 55.0 Å². The van der Waals surface area contributed by atoms with Gasteiger partial charge in [-0.1, -0.05) is 0 Å². The summed E-state index contributed by atoms with van der Waals surface area (Å²) in [4.78, 5) is 30.5. The number of H-pyrrole nitrogens is 1. The van der Waals surface area contributed by atoms with Gasteiger partial charge < -0.3 is 9.72 Å². The SMILES string of the molecule is COc1cncc(-c2cc3c(-c4cc5c(-c6ccc(C(C)=O)s6)nccc5[nH]4)nn(C)c3cn2)c1. The molecule has 172 valence electrons. The van der Waals surface area contributed by atoms with E-state index in [-0.39, 0.29) is 5.78 Å². The molecule has 0 aliphatic rings. The molecule has 0 fully saturated rings. The van der Waals surface area contributed by atoms with Crippen molar-refractivity contribution in [2.75, 3.05) is 7.11 Å². The normalized spacial score (nSPS) is 11.4. The number of nitrogens with zero attached hydrogens (tertiary/aromatic N) is 5. The predicted octanol–water partition coefficient (Wildman–Crippen LogP) is 5.51. The molecule has 9 heteroatoms. The molecule has 6 aromatic heterocycles. The molecule has 6 heterocycles. The maximum absolute atomic E-state index is 11.8. The highest BCUT2D eigenvalue weighted by Crippen LogP contribution is 2.36. The second-order valence-corrected chi connectivity index (χ2v) is 9.28. The van der Waals surface area contributed by atoms with Crippen molar-refractivity contribution >= 4 is 38.9 Å². The van der Waals surface area contributed by atoms with Crippen LogP contribution in [0.2, 0.25) is 0 Å². The van der Waals surface area contributed by atoms with Gasteiger partial charge in [-0.05, 0) is 43.3 Å². The first-order valence-electron chi connectivity index (χ1n) is 10.9. The van der Waals surface area contributed by atoms with Gasteiger partial charge in [0.05, 0.1) is 51.9 Å². The van der Waals surface area contributed by atoms with E-state index < -0.39 is 0 Å². The molecule has 0 spiro atoms. The Labute approximate surface area is 204 Å². The summed E-state index contributed by atoms with van der Waals surface area (Å²) in [5.41, 5.74) is 6.06. The Morgan fingerprint density at radius 2 is 1.91 bits per heavy atom. The van der Waals surface area contributed by atoms with Crippen LogP contribution in [0.5, 0.6) is 5.75 Å². The molecular weight excluding hydrogens is 460 g/mol. The van der Waals surface area contributed by atoms with Crippen LogP contribution in [0.3, 0.4) is 0 Å². The summed E-state index contributed by atoms with van der Waals surface area (Å²) in [7, 11) is 3.53. The number of carbonyl (C=O) groups excluding carboxylic acids is 1. The molecule has 0 saturated heterocycles. The van der Waals surface area contributed by atoms with E-state index in [0.717, 1.165) is 59.9 Å². The van der Waals surface area contributed by atoms with Crippen LogP contribution < -0.4 is 4.74 Å². The average Bonchev–Trinajstić information content (AvgIpc) is 3.61. The van der Waals surface area contributed by atoms with Gasteiger partial charge in [0.2, 0.25) is 0 Å². The third-order valence-electron chi connectivity index (χ3n) is 5.97. The Hall–Kier alpha value is -4.37. The van der Waals surface area contributed by atoms with E-state index in [1.165, 1.54) is 11.3 Å². The van der Waals surface area contributed by atoms with Gasteiger partial charge in [0.15, 0.2) is 5.78 Å². The molecule has 0 aliphatic heterocycles. The topological polar surface area (TPSA) is 98.6 Å². The number of aryl methyl sites for hydroxylation is 1. The number of hydrogen-bond acceptors (Lipinski definition) is 7. The first-order chi connectivity index (χ1) is 17.0. The summed E-state index contributed by atoms with van der Waals surface area (Å²) in [5.74, 6) is 0.728. The first kappa shape index (κ1) is 21.2. The van der Waals surface area contributed by atoms with Crippen molar-refractivity contribution < 1.29 is 9.53 Å². The minimum absolute atomic E-state index is 0.0544. The van der Waals surface area contributed by atoms with Crippen LogP contribution >= 0.6 is 11.3 Å². The lowest BCUT2D eigenvalue weighted by atomic mass is 10.1. The van der Waals surface area contributed by atoms with Crippen LogP contribution in [0, 0.1) is 0 Å². The van der Waals surface area contributed by atoms with Crippen LogP contribution in [-0.2, 0) is 7.05 Å². The number of fused-ring (bicyclic) bond motifs is 2. The van der Waals surface area contributed by atoms with Crippen molar-refractivity contribution in [1.29, 1.82) is 0 Å². The average molecular weight is 481 g/mol. The molecule has 0 saturated carbocycles. The zero-order valence-corrected chi connectivity index (χ0v) is 20.1. The van der Waals surface area contributed by atoms with Crippen molar-refractivity contribution in [1.82, 2.24) is 29.7 Å². The second kappa shape index (κ2) is 8.14. The van der Waals surface area contributed by atoms with E-state index in [4.69, 9.17) is 9.84 Å². The fraction of sp³-hybridized carbons (Fsp3) is 0.115. The number of carbonyl (C=O) groups is 1. The third kappa shape index (κ3) is 3.57. The smallest absolute Gasteiger partial charge is 0.169 e. The molecule has 0 aliphatic carbocycles. The summed E-state index contributed by atoms with van der Waals surface area (Å²) in [6.45, 7) is 1.58. The minimum Gasteiger partial charge on any atom is -0.495 e. The van der Waals surface area contributed by atoms with E-state index in [1.807, 2.05) is 48.3 Å². The molecule has 0 unspecified atom stereocenters. The second-order valence-electron chi connectivity index (χ2n) is 8.20. The summed E-state index contributed by atoms with van der Waals surface area (Å²) in [6.07, 6.45) is 7.04. The van der Waals surface area contributed by atoms with Gasteiger partial charge >= 0.3 is 0 Å². The number of thiophene rings is 1. The van der Waals surface area contributed by atoms with E-state index in [1.54, 1.807) is 32.6 Å². The first-order valence-corrected chi connectivity index (χ1v) is 11.7. The Balaban J connectivity index is 1.50. The summed E-state index contributed by atoms with van der Waals surface area (Å²) in [6, 6.07) is 11.8. The Morgan fingerprint density at radius 3 is 2.71 bits per heavy atom. The molecule has 35 heavy (non-hydrogen) atoms. The summed E-state index contributed by atoms with van der Waals surface area (Å²) >= 11 is 1.45. The largest absolute Gasteiger partial charge is 0.495 e. The Kier molecular flexibility index (Phi) is 4.93. The van der Waals surface area contributed by atoms with Gasteiger partial charge in [-0.3, -0.25) is 24.4 Å². The Morgan fingerprint density at radius 1 is 1.03 bits per heavy atom. The molecule has 6 rings (SSSR count). The van der Waals surface area contributed by atoms with Crippen LogP contribution in [0.4, 0.5) is 0 Å². The maximum atomic E-state index is 11.8. The van der Waals surface area contributed by atoms with Crippen LogP contribution in [0.15, 0.2) is 61.2 Å².